The number of benzene rings is 2. The van der Waals surface area contributed by atoms with Crippen LogP contribution in [0.4, 0.5) is 0 Å². The maximum atomic E-state index is 12.0. The van der Waals surface area contributed by atoms with E-state index < -0.39 is 6.10 Å². The monoisotopic (exact) mass is 256 g/mol. The normalized spacial score (nSPS) is 11.8. The zero-order valence-corrected chi connectivity index (χ0v) is 10.8. The Morgan fingerprint density at radius 1 is 1.00 bits per heavy atom. The smallest absolute Gasteiger partial charge is 0.340 e. The van der Waals surface area contributed by atoms with Crippen LogP contribution in [0.1, 0.15) is 17.2 Å². The molecule has 0 aliphatic carbocycles. The number of rotatable bonds is 5. The highest BCUT2D eigenvalue weighted by Gasteiger charge is 2.21. The Hall–Kier alpha value is -2.13. The van der Waals surface area contributed by atoms with Gasteiger partial charge in [0.15, 0.2) is 6.10 Å². The highest BCUT2D eigenvalue weighted by atomic mass is 16.6. The summed E-state index contributed by atoms with van der Waals surface area (Å²) in [5.74, 6) is -0.377. The lowest BCUT2D eigenvalue weighted by molar-refractivity contribution is -0.157. The van der Waals surface area contributed by atoms with E-state index in [4.69, 9.17) is 9.47 Å². The van der Waals surface area contributed by atoms with E-state index in [1.165, 1.54) is 7.11 Å². The van der Waals surface area contributed by atoms with Crippen LogP contribution >= 0.6 is 0 Å². The Kier molecular flexibility index (Phi) is 4.70. The molecule has 1 atom stereocenters. The molecule has 0 amide bonds. The number of esters is 1. The fraction of sp³-hybridized carbons (Fsp3) is 0.188. The Bertz CT molecular complexity index is 508. The minimum absolute atomic E-state index is 0.256. The minimum Gasteiger partial charge on any atom is -0.459 e. The van der Waals surface area contributed by atoms with Gasteiger partial charge in [-0.25, -0.2) is 4.79 Å². The van der Waals surface area contributed by atoms with Crippen LogP contribution in [0.3, 0.4) is 0 Å². The van der Waals surface area contributed by atoms with Crippen molar-refractivity contribution in [2.45, 2.75) is 12.7 Å². The molecule has 2 aromatic carbocycles. The van der Waals surface area contributed by atoms with E-state index in [2.05, 4.69) is 0 Å². The number of hydrogen-bond acceptors (Lipinski definition) is 3. The molecule has 0 unspecified atom stereocenters. The van der Waals surface area contributed by atoms with Crippen LogP contribution in [0, 0.1) is 0 Å². The van der Waals surface area contributed by atoms with Gasteiger partial charge in [-0.3, -0.25) is 0 Å². The summed E-state index contributed by atoms with van der Waals surface area (Å²) in [6.07, 6.45) is -0.676. The highest BCUT2D eigenvalue weighted by molar-refractivity contribution is 5.76. The van der Waals surface area contributed by atoms with Gasteiger partial charge in [-0.05, 0) is 11.1 Å². The summed E-state index contributed by atoms with van der Waals surface area (Å²) in [4.78, 5) is 12.0. The van der Waals surface area contributed by atoms with Crippen molar-refractivity contribution in [3.05, 3.63) is 71.8 Å². The maximum Gasteiger partial charge on any atom is 0.340 e. The third kappa shape index (κ3) is 3.66. The van der Waals surface area contributed by atoms with E-state index in [-0.39, 0.29) is 12.6 Å². The molecule has 0 fully saturated rings. The first-order valence-corrected chi connectivity index (χ1v) is 6.09. The first-order chi connectivity index (χ1) is 9.31. The van der Waals surface area contributed by atoms with Crippen LogP contribution < -0.4 is 0 Å². The molecule has 3 heteroatoms. The maximum absolute atomic E-state index is 12.0. The summed E-state index contributed by atoms with van der Waals surface area (Å²) in [6.45, 7) is 0.256. The molecule has 0 radical (unpaired) electrons. The fourth-order valence-corrected chi connectivity index (χ4v) is 1.80. The quantitative estimate of drug-likeness (QED) is 0.771. The largest absolute Gasteiger partial charge is 0.459 e. The standard InChI is InChI=1S/C16H16O3/c1-18-15(14-10-6-3-7-11-14)16(17)19-12-13-8-4-2-5-9-13/h2-11,15H,12H2,1H3/t15-/m1/s1. The first-order valence-electron chi connectivity index (χ1n) is 6.09. The van der Waals surface area contributed by atoms with Gasteiger partial charge in [0.1, 0.15) is 6.61 Å². The Labute approximate surface area is 112 Å². The van der Waals surface area contributed by atoms with E-state index in [9.17, 15) is 4.79 Å². The molecular weight excluding hydrogens is 240 g/mol. The fourth-order valence-electron chi connectivity index (χ4n) is 1.80. The number of ether oxygens (including phenoxy) is 2. The van der Waals surface area contributed by atoms with Crippen molar-refractivity contribution in [3.63, 3.8) is 0 Å². The van der Waals surface area contributed by atoms with Crippen LogP contribution in [-0.4, -0.2) is 13.1 Å². The predicted octanol–water partition coefficient (Wildman–Crippen LogP) is 3.12. The molecule has 19 heavy (non-hydrogen) atoms. The van der Waals surface area contributed by atoms with Crippen LogP contribution in [0.5, 0.6) is 0 Å². The van der Waals surface area contributed by atoms with Gasteiger partial charge >= 0.3 is 5.97 Å². The van der Waals surface area contributed by atoms with E-state index in [0.717, 1.165) is 11.1 Å². The van der Waals surface area contributed by atoms with Gasteiger partial charge in [-0.2, -0.15) is 0 Å². The number of carbonyl (C=O) groups is 1. The van der Waals surface area contributed by atoms with Gasteiger partial charge < -0.3 is 9.47 Å². The molecule has 0 spiro atoms. The van der Waals surface area contributed by atoms with Gasteiger partial charge in [-0.1, -0.05) is 60.7 Å². The average Bonchev–Trinajstić information content (AvgIpc) is 2.48. The second-order valence-corrected chi connectivity index (χ2v) is 4.12. The van der Waals surface area contributed by atoms with E-state index in [1.54, 1.807) is 0 Å². The zero-order chi connectivity index (χ0) is 13.5. The van der Waals surface area contributed by atoms with Crippen LogP contribution in [-0.2, 0) is 20.9 Å². The molecule has 0 aliphatic rings. The van der Waals surface area contributed by atoms with E-state index in [0.29, 0.717) is 0 Å². The molecule has 0 aliphatic heterocycles. The van der Waals surface area contributed by atoms with Crippen LogP contribution in [0.25, 0.3) is 0 Å². The van der Waals surface area contributed by atoms with Crippen LogP contribution in [0.15, 0.2) is 60.7 Å². The zero-order valence-electron chi connectivity index (χ0n) is 10.8. The molecule has 0 heterocycles. The van der Waals surface area contributed by atoms with Crippen molar-refractivity contribution in [3.8, 4) is 0 Å². The molecule has 0 aromatic heterocycles. The van der Waals surface area contributed by atoms with Gasteiger partial charge in [0.2, 0.25) is 0 Å². The van der Waals surface area contributed by atoms with Crippen molar-refractivity contribution < 1.29 is 14.3 Å². The van der Waals surface area contributed by atoms with Gasteiger partial charge in [0.25, 0.3) is 0 Å². The molecule has 3 nitrogen and oxygen atoms in total. The summed E-state index contributed by atoms with van der Waals surface area (Å²) >= 11 is 0. The third-order valence-corrected chi connectivity index (χ3v) is 2.78. The molecular formula is C16H16O3. The Balaban J connectivity index is 1.98. The highest BCUT2D eigenvalue weighted by Crippen LogP contribution is 2.18. The topological polar surface area (TPSA) is 35.5 Å². The lowest BCUT2D eigenvalue weighted by Crippen LogP contribution is -2.17. The molecule has 0 saturated carbocycles. The summed E-state index contributed by atoms with van der Waals surface area (Å²) in [5, 5.41) is 0. The second-order valence-electron chi connectivity index (χ2n) is 4.12. The molecule has 0 bridgehead atoms. The SMILES string of the molecule is CO[C@@H](C(=O)OCc1ccccc1)c1ccccc1. The van der Waals surface area contributed by atoms with E-state index in [1.807, 2.05) is 60.7 Å². The molecule has 0 N–H and O–H groups in total. The number of carbonyl (C=O) groups excluding carboxylic acids is 1. The lowest BCUT2D eigenvalue weighted by atomic mass is 10.1. The second kappa shape index (κ2) is 6.71. The van der Waals surface area contributed by atoms with Crippen molar-refractivity contribution in [2.75, 3.05) is 7.11 Å². The van der Waals surface area contributed by atoms with Crippen molar-refractivity contribution in [1.29, 1.82) is 0 Å². The minimum atomic E-state index is -0.676. The van der Waals surface area contributed by atoms with Gasteiger partial charge in [-0.15, -0.1) is 0 Å². The lowest BCUT2D eigenvalue weighted by Gasteiger charge is -2.14. The molecule has 0 saturated heterocycles. The van der Waals surface area contributed by atoms with Crippen molar-refractivity contribution in [1.82, 2.24) is 0 Å². The molecule has 2 rings (SSSR count). The Morgan fingerprint density at radius 2 is 1.58 bits per heavy atom. The van der Waals surface area contributed by atoms with Crippen molar-refractivity contribution in [2.24, 2.45) is 0 Å². The van der Waals surface area contributed by atoms with Gasteiger partial charge in [0, 0.05) is 7.11 Å². The average molecular weight is 256 g/mol. The number of methoxy groups -OCH3 is 1. The van der Waals surface area contributed by atoms with Gasteiger partial charge in [0.05, 0.1) is 0 Å². The number of hydrogen-bond donors (Lipinski definition) is 0. The summed E-state index contributed by atoms with van der Waals surface area (Å²) in [6, 6.07) is 18.9. The molecule has 98 valence electrons. The summed E-state index contributed by atoms with van der Waals surface area (Å²) in [7, 11) is 1.50. The Morgan fingerprint density at radius 3 is 2.16 bits per heavy atom. The predicted molar refractivity (Wildman–Crippen MR) is 72.4 cm³/mol. The first kappa shape index (κ1) is 13.3. The third-order valence-electron chi connectivity index (χ3n) is 2.78. The summed E-state index contributed by atoms with van der Waals surface area (Å²) in [5.41, 5.74) is 1.75. The van der Waals surface area contributed by atoms with E-state index >= 15 is 0 Å². The summed E-state index contributed by atoms with van der Waals surface area (Å²) < 4.78 is 10.5. The van der Waals surface area contributed by atoms with Crippen LogP contribution in [0.2, 0.25) is 0 Å². The molecule has 2 aromatic rings. The van der Waals surface area contributed by atoms with Crippen molar-refractivity contribution >= 4 is 5.97 Å².